The number of amides is 1. The van der Waals surface area contributed by atoms with Crippen molar-refractivity contribution in [3.63, 3.8) is 0 Å². The average Bonchev–Trinajstić information content (AvgIpc) is 2.35. The molecule has 0 bridgehead atoms. The standard InChI is InChI=1S/C15H19NO3/c1-11(2)15(4,5)16(19-12(3)17)14(18)13-9-7-6-8-10-13/h6-10H,1H2,2-5H3. The van der Waals surface area contributed by atoms with Gasteiger partial charge in [0.1, 0.15) is 0 Å². The zero-order valence-electron chi connectivity index (χ0n) is 11.8. The molecule has 0 aromatic heterocycles. The maximum absolute atomic E-state index is 12.4. The number of hydroxylamine groups is 2. The zero-order valence-corrected chi connectivity index (χ0v) is 11.8. The van der Waals surface area contributed by atoms with Crippen molar-refractivity contribution in [3.05, 3.63) is 48.0 Å². The molecule has 0 saturated heterocycles. The molecule has 0 radical (unpaired) electrons. The quantitative estimate of drug-likeness (QED) is 0.620. The molecule has 0 atom stereocenters. The van der Waals surface area contributed by atoms with Crippen LogP contribution in [0.5, 0.6) is 0 Å². The first kappa shape index (κ1) is 15.0. The summed E-state index contributed by atoms with van der Waals surface area (Å²) in [6.07, 6.45) is 0. The molecular weight excluding hydrogens is 242 g/mol. The van der Waals surface area contributed by atoms with Crippen molar-refractivity contribution >= 4 is 11.9 Å². The molecule has 0 heterocycles. The van der Waals surface area contributed by atoms with E-state index in [1.807, 2.05) is 6.07 Å². The van der Waals surface area contributed by atoms with Gasteiger partial charge in [0.25, 0.3) is 5.91 Å². The second-order valence-corrected chi connectivity index (χ2v) is 4.89. The fourth-order valence-electron chi connectivity index (χ4n) is 1.41. The Morgan fingerprint density at radius 1 is 1.16 bits per heavy atom. The summed E-state index contributed by atoms with van der Waals surface area (Å²) in [5.74, 6) is -0.914. The van der Waals surface area contributed by atoms with Crippen molar-refractivity contribution < 1.29 is 14.4 Å². The van der Waals surface area contributed by atoms with E-state index in [1.54, 1.807) is 45.0 Å². The SMILES string of the molecule is C=C(C)C(C)(C)N(OC(C)=O)C(=O)c1ccccc1. The van der Waals surface area contributed by atoms with Crippen LogP contribution in [0.4, 0.5) is 0 Å². The minimum absolute atomic E-state index is 0.371. The van der Waals surface area contributed by atoms with E-state index in [4.69, 9.17) is 4.84 Å². The fraction of sp³-hybridized carbons (Fsp3) is 0.333. The van der Waals surface area contributed by atoms with Gasteiger partial charge in [0.05, 0.1) is 5.54 Å². The second kappa shape index (κ2) is 5.69. The van der Waals surface area contributed by atoms with E-state index >= 15 is 0 Å². The molecule has 1 amide bonds. The first-order chi connectivity index (χ1) is 8.76. The van der Waals surface area contributed by atoms with E-state index in [0.29, 0.717) is 5.56 Å². The summed E-state index contributed by atoms with van der Waals surface area (Å²) in [6, 6.07) is 8.68. The van der Waals surface area contributed by atoms with Crippen LogP contribution >= 0.6 is 0 Å². The zero-order chi connectivity index (χ0) is 14.6. The molecule has 19 heavy (non-hydrogen) atoms. The average molecular weight is 261 g/mol. The predicted molar refractivity (Wildman–Crippen MR) is 73.3 cm³/mol. The van der Waals surface area contributed by atoms with Gasteiger partial charge in [-0.1, -0.05) is 30.4 Å². The van der Waals surface area contributed by atoms with Crippen molar-refractivity contribution in [3.8, 4) is 0 Å². The minimum Gasteiger partial charge on any atom is -0.337 e. The number of hydrogen-bond donors (Lipinski definition) is 0. The Morgan fingerprint density at radius 3 is 2.11 bits per heavy atom. The Morgan fingerprint density at radius 2 is 1.68 bits per heavy atom. The third-order valence-electron chi connectivity index (χ3n) is 2.98. The monoisotopic (exact) mass is 261 g/mol. The normalized spacial score (nSPS) is 10.7. The maximum Gasteiger partial charge on any atom is 0.329 e. The highest BCUT2D eigenvalue weighted by Crippen LogP contribution is 2.25. The first-order valence-corrected chi connectivity index (χ1v) is 6.01. The third-order valence-corrected chi connectivity index (χ3v) is 2.98. The lowest BCUT2D eigenvalue weighted by Crippen LogP contribution is -2.49. The van der Waals surface area contributed by atoms with Crippen molar-refractivity contribution in [2.24, 2.45) is 0 Å². The van der Waals surface area contributed by atoms with Crippen molar-refractivity contribution in [2.75, 3.05) is 0 Å². The molecule has 4 heteroatoms. The molecule has 1 rings (SSSR count). The van der Waals surface area contributed by atoms with Crippen LogP contribution in [0, 0.1) is 0 Å². The molecule has 4 nitrogen and oxygen atoms in total. The summed E-state index contributed by atoms with van der Waals surface area (Å²) in [4.78, 5) is 28.7. The Hall–Kier alpha value is -2.10. The molecule has 0 unspecified atom stereocenters. The molecule has 0 aliphatic carbocycles. The largest absolute Gasteiger partial charge is 0.337 e. The number of carbonyl (C=O) groups excluding carboxylic acids is 2. The van der Waals surface area contributed by atoms with E-state index in [0.717, 1.165) is 10.6 Å². The number of nitrogens with zero attached hydrogens (tertiary/aromatic N) is 1. The summed E-state index contributed by atoms with van der Waals surface area (Å²) in [5, 5.41) is 1.08. The molecule has 0 fully saturated rings. The van der Waals surface area contributed by atoms with Gasteiger partial charge >= 0.3 is 5.97 Å². The summed E-state index contributed by atoms with van der Waals surface area (Å²) >= 11 is 0. The fourth-order valence-corrected chi connectivity index (χ4v) is 1.41. The van der Waals surface area contributed by atoms with Gasteiger partial charge in [-0.3, -0.25) is 9.59 Å². The molecule has 0 N–H and O–H groups in total. The highest BCUT2D eigenvalue weighted by atomic mass is 16.7. The highest BCUT2D eigenvalue weighted by molar-refractivity contribution is 5.94. The first-order valence-electron chi connectivity index (χ1n) is 6.01. The lowest BCUT2D eigenvalue weighted by Gasteiger charge is -2.36. The predicted octanol–water partition coefficient (Wildman–Crippen LogP) is 2.96. The van der Waals surface area contributed by atoms with Crippen LogP contribution in [0.2, 0.25) is 0 Å². The second-order valence-electron chi connectivity index (χ2n) is 4.89. The topological polar surface area (TPSA) is 46.6 Å². The van der Waals surface area contributed by atoms with Crippen LogP contribution in [0.1, 0.15) is 38.1 Å². The number of benzene rings is 1. The Balaban J connectivity index is 3.15. The van der Waals surface area contributed by atoms with E-state index in [-0.39, 0.29) is 5.91 Å². The summed E-state index contributed by atoms with van der Waals surface area (Å²) in [7, 11) is 0. The number of carbonyl (C=O) groups is 2. The molecule has 0 saturated carbocycles. The van der Waals surface area contributed by atoms with E-state index in [1.165, 1.54) is 6.92 Å². The summed E-state index contributed by atoms with van der Waals surface area (Å²) in [5.41, 5.74) is 0.398. The smallest absolute Gasteiger partial charge is 0.329 e. The molecular formula is C15H19NO3. The van der Waals surface area contributed by atoms with Gasteiger partial charge in [0, 0.05) is 12.5 Å². The molecule has 1 aromatic carbocycles. The van der Waals surface area contributed by atoms with Gasteiger partial charge in [-0.2, -0.15) is 5.06 Å². The van der Waals surface area contributed by atoms with Gasteiger partial charge in [0.2, 0.25) is 0 Å². The Kier molecular flexibility index (Phi) is 4.48. The van der Waals surface area contributed by atoms with Gasteiger partial charge in [-0.05, 0) is 32.9 Å². The number of hydrogen-bond acceptors (Lipinski definition) is 3. The Bertz CT molecular complexity index is 491. The Labute approximate surface area is 113 Å². The molecule has 0 aliphatic heterocycles. The highest BCUT2D eigenvalue weighted by Gasteiger charge is 2.35. The van der Waals surface area contributed by atoms with Crippen LogP contribution < -0.4 is 0 Å². The van der Waals surface area contributed by atoms with Gasteiger partial charge in [0.15, 0.2) is 0 Å². The van der Waals surface area contributed by atoms with Crippen LogP contribution in [0.3, 0.4) is 0 Å². The minimum atomic E-state index is -0.779. The van der Waals surface area contributed by atoms with Gasteiger partial charge in [-0.25, -0.2) is 0 Å². The van der Waals surface area contributed by atoms with Crippen molar-refractivity contribution in [1.29, 1.82) is 0 Å². The van der Waals surface area contributed by atoms with E-state index in [2.05, 4.69) is 6.58 Å². The van der Waals surface area contributed by atoms with Crippen LogP contribution in [-0.2, 0) is 9.63 Å². The summed E-state index contributed by atoms with van der Waals surface area (Å²) in [6.45, 7) is 10.4. The number of rotatable bonds is 3. The van der Waals surface area contributed by atoms with Gasteiger partial charge < -0.3 is 4.84 Å². The summed E-state index contributed by atoms with van der Waals surface area (Å²) < 4.78 is 0. The lowest BCUT2D eigenvalue weighted by molar-refractivity contribution is -0.189. The van der Waals surface area contributed by atoms with Crippen molar-refractivity contribution in [2.45, 2.75) is 33.2 Å². The van der Waals surface area contributed by atoms with E-state index < -0.39 is 11.5 Å². The van der Waals surface area contributed by atoms with Gasteiger partial charge in [-0.15, -0.1) is 0 Å². The van der Waals surface area contributed by atoms with Crippen LogP contribution in [-0.4, -0.2) is 22.5 Å². The van der Waals surface area contributed by atoms with Crippen LogP contribution in [0.25, 0.3) is 0 Å². The van der Waals surface area contributed by atoms with Crippen LogP contribution in [0.15, 0.2) is 42.5 Å². The molecule has 0 spiro atoms. The van der Waals surface area contributed by atoms with Crippen molar-refractivity contribution in [1.82, 2.24) is 5.06 Å². The molecule has 0 aliphatic rings. The third kappa shape index (κ3) is 3.44. The lowest BCUT2D eigenvalue weighted by atomic mass is 9.95. The molecule has 1 aromatic rings. The molecule has 102 valence electrons. The maximum atomic E-state index is 12.4. The van der Waals surface area contributed by atoms with E-state index in [9.17, 15) is 9.59 Å².